The summed E-state index contributed by atoms with van der Waals surface area (Å²) in [6.07, 6.45) is 0.770. The van der Waals surface area contributed by atoms with Gasteiger partial charge in [-0.15, -0.1) is 0 Å². The number of aryl methyl sites for hydroxylation is 1. The van der Waals surface area contributed by atoms with Crippen molar-refractivity contribution in [2.24, 2.45) is 0 Å². The average Bonchev–Trinajstić information content (AvgIpc) is 2.59. The Kier molecular flexibility index (Phi) is 5.89. The first-order valence-corrected chi connectivity index (χ1v) is 7.72. The number of nitrogens with one attached hydrogen (secondary N) is 1. The van der Waals surface area contributed by atoms with Crippen LogP contribution >= 0.6 is 0 Å². The van der Waals surface area contributed by atoms with Gasteiger partial charge in [-0.3, -0.25) is 14.9 Å². The van der Waals surface area contributed by atoms with Crippen LogP contribution in [0, 0.1) is 17.0 Å². The fourth-order valence-electron chi connectivity index (χ4n) is 2.27. The molecule has 0 unspecified atom stereocenters. The van der Waals surface area contributed by atoms with Crippen LogP contribution in [-0.2, 0) is 4.79 Å². The molecule has 6 nitrogen and oxygen atoms in total. The number of carbonyl (C=O) groups is 1. The van der Waals surface area contributed by atoms with Gasteiger partial charge in [0.1, 0.15) is 5.75 Å². The fourth-order valence-corrected chi connectivity index (χ4v) is 2.27. The van der Waals surface area contributed by atoms with E-state index in [1.54, 1.807) is 0 Å². The van der Waals surface area contributed by atoms with Gasteiger partial charge in [-0.1, -0.05) is 36.8 Å². The number of carbonyl (C=O) groups excluding carboxylic acids is 1. The minimum Gasteiger partial charge on any atom is -0.484 e. The monoisotopic (exact) mass is 328 g/mol. The second kappa shape index (κ2) is 8.10. The molecule has 0 bridgehead atoms. The van der Waals surface area contributed by atoms with Gasteiger partial charge in [0, 0.05) is 12.1 Å². The smallest absolute Gasteiger partial charge is 0.269 e. The highest BCUT2D eigenvalue weighted by Crippen LogP contribution is 2.18. The molecule has 2 aromatic rings. The third-order valence-electron chi connectivity index (χ3n) is 3.64. The van der Waals surface area contributed by atoms with E-state index in [-0.39, 0.29) is 24.2 Å². The topological polar surface area (TPSA) is 81.5 Å². The van der Waals surface area contributed by atoms with Crippen molar-refractivity contribution in [3.8, 4) is 5.75 Å². The van der Waals surface area contributed by atoms with E-state index < -0.39 is 4.92 Å². The van der Waals surface area contributed by atoms with Crippen LogP contribution in [0.2, 0.25) is 0 Å². The summed E-state index contributed by atoms with van der Waals surface area (Å²) in [5.41, 5.74) is 2.20. The van der Waals surface area contributed by atoms with Crippen LogP contribution in [0.1, 0.15) is 30.5 Å². The highest BCUT2D eigenvalue weighted by Gasteiger charge is 2.13. The number of hydrogen-bond acceptors (Lipinski definition) is 4. The van der Waals surface area contributed by atoms with Crippen molar-refractivity contribution in [1.29, 1.82) is 0 Å². The summed E-state index contributed by atoms with van der Waals surface area (Å²) in [5, 5.41) is 13.5. The maximum absolute atomic E-state index is 12.1. The normalized spacial score (nSPS) is 11.6. The zero-order chi connectivity index (χ0) is 17.5. The minimum atomic E-state index is -0.482. The van der Waals surface area contributed by atoms with Crippen molar-refractivity contribution >= 4 is 11.6 Å². The van der Waals surface area contributed by atoms with E-state index in [1.165, 1.54) is 29.8 Å². The Morgan fingerprint density at radius 1 is 1.17 bits per heavy atom. The van der Waals surface area contributed by atoms with Gasteiger partial charge in [-0.05, 0) is 31.0 Å². The fraction of sp³-hybridized carbons (Fsp3) is 0.278. The van der Waals surface area contributed by atoms with E-state index in [0.29, 0.717) is 5.75 Å². The Morgan fingerprint density at radius 2 is 1.79 bits per heavy atom. The van der Waals surface area contributed by atoms with Crippen molar-refractivity contribution in [1.82, 2.24) is 5.32 Å². The summed E-state index contributed by atoms with van der Waals surface area (Å²) in [6.45, 7) is 3.88. The third-order valence-corrected chi connectivity index (χ3v) is 3.64. The van der Waals surface area contributed by atoms with Crippen LogP contribution < -0.4 is 10.1 Å². The maximum Gasteiger partial charge on any atom is 0.269 e. The first-order valence-electron chi connectivity index (χ1n) is 7.72. The van der Waals surface area contributed by atoms with Crippen LogP contribution in [0.25, 0.3) is 0 Å². The van der Waals surface area contributed by atoms with Gasteiger partial charge in [0.25, 0.3) is 11.6 Å². The van der Waals surface area contributed by atoms with Crippen molar-refractivity contribution in [2.45, 2.75) is 26.3 Å². The van der Waals surface area contributed by atoms with Gasteiger partial charge < -0.3 is 10.1 Å². The molecule has 6 heteroatoms. The molecule has 1 N–H and O–H groups in total. The summed E-state index contributed by atoms with van der Waals surface area (Å²) in [5.74, 6) is 0.180. The van der Waals surface area contributed by atoms with E-state index in [2.05, 4.69) is 5.32 Å². The molecule has 24 heavy (non-hydrogen) atoms. The lowest BCUT2D eigenvalue weighted by molar-refractivity contribution is -0.384. The molecule has 0 aliphatic rings. The zero-order valence-corrected chi connectivity index (χ0v) is 13.7. The number of hydrogen-bond donors (Lipinski definition) is 1. The van der Waals surface area contributed by atoms with Gasteiger partial charge in [0.05, 0.1) is 11.0 Å². The predicted molar refractivity (Wildman–Crippen MR) is 90.9 cm³/mol. The Balaban J connectivity index is 1.89. The maximum atomic E-state index is 12.1. The lowest BCUT2D eigenvalue weighted by atomic mass is 10.0. The first kappa shape index (κ1) is 17.5. The molecule has 0 aliphatic carbocycles. The summed E-state index contributed by atoms with van der Waals surface area (Å²) in [4.78, 5) is 22.2. The molecule has 2 rings (SSSR count). The van der Waals surface area contributed by atoms with Gasteiger partial charge in [-0.25, -0.2) is 0 Å². The predicted octanol–water partition coefficient (Wildman–Crippen LogP) is 3.55. The molecular weight excluding hydrogens is 308 g/mol. The molecule has 0 saturated carbocycles. The summed E-state index contributed by atoms with van der Waals surface area (Å²) >= 11 is 0. The number of amides is 1. The Bertz CT molecular complexity index is 696. The largest absolute Gasteiger partial charge is 0.484 e. The lowest BCUT2D eigenvalue weighted by Crippen LogP contribution is -2.32. The molecule has 2 aromatic carbocycles. The number of non-ortho nitro benzene ring substituents is 1. The SMILES string of the molecule is CC[C@H](NC(=O)COc1ccc([N+](=O)[O-])cc1)c1ccc(C)cc1. The molecule has 0 radical (unpaired) electrons. The van der Waals surface area contributed by atoms with Crippen LogP contribution in [-0.4, -0.2) is 17.4 Å². The van der Waals surface area contributed by atoms with E-state index in [1.807, 2.05) is 38.1 Å². The molecule has 0 saturated heterocycles. The zero-order valence-electron chi connectivity index (χ0n) is 13.7. The Morgan fingerprint density at radius 3 is 2.33 bits per heavy atom. The molecular formula is C18H20N2O4. The molecule has 0 heterocycles. The van der Waals surface area contributed by atoms with Gasteiger partial charge >= 0.3 is 0 Å². The standard InChI is InChI=1S/C18H20N2O4/c1-3-17(14-6-4-13(2)5-7-14)19-18(21)12-24-16-10-8-15(9-11-16)20(22)23/h4-11,17H,3,12H2,1-2H3,(H,19,21)/t17-/m0/s1. The van der Waals surface area contributed by atoms with Gasteiger partial charge in [0.15, 0.2) is 6.61 Å². The van der Waals surface area contributed by atoms with Gasteiger partial charge in [-0.2, -0.15) is 0 Å². The lowest BCUT2D eigenvalue weighted by Gasteiger charge is -2.18. The van der Waals surface area contributed by atoms with Crippen molar-refractivity contribution in [3.05, 3.63) is 69.8 Å². The highest BCUT2D eigenvalue weighted by atomic mass is 16.6. The molecule has 0 fully saturated rings. The third kappa shape index (κ3) is 4.81. The number of rotatable bonds is 7. The Labute approximate surface area is 140 Å². The van der Waals surface area contributed by atoms with Crippen LogP contribution in [0.3, 0.4) is 0 Å². The Hall–Kier alpha value is -2.89. The summed E-state index contributed by atoms with van der Waals surface area (Å²) < 4.78 is 5.37. The van der Waals surface area contributed by atoms with Crippen LogP contribution in [0.4, 0.5) is 5.69 Å². The quantitative estimate of drug-likeness (QED) is 0.622. The van der Waals surface area contributed by atoms with Gasteiger partial charge in [0.2, 0.25) is 0 Å². The van der Waals surface area contributed by atoms with Crippen LogP contribution in [0.5, 0.6) is 5.75 Å². The molecule has 1 amide bonds. The van der Waals surface area contributed by atoms with E-state index in [4.69, 9.17) is 4.74 Å². The summed E-state index contributed by atoms with van der Waals surface area (Å²) in [7, 11) is 0. The van der Waals surface area contributed by atoms with E-state index in [0.717, 1.165) is 12.0 Å². The number of nitro groups is 1. The van der Waals surface area contributed by atoms with Crippen LogP contribution in [0.15, 0.2) is 48.5 Å². The molecule has 0 aliphatic heterocycles. The number of ether oxygens (including phenoxy) is 1. The number of nitrogens with zero attached hydrogens (tertiary/aromatic N) is 1. The van der Waals surface area contributed by atoms with Crippen molar-refractivity contribution in [3.63, 3.8) is 0 Å². The molecule has 126 valence electrons. The first-order chi connectivity index (χ1) is 11.5. The number of benzene rings is 2. The van der Waals surface area contributed by atoms with Crippen molar-refractivity contribution < 1.29 is 14.5 Å². The second-order valence-corrected chi connectivity index (χ2v) is 5.48. The average molecular weight is 328 g/mol. The second-order valence-electron chi connectivity index (χ2n) is 5.48. The number of nitro benzene ring substituents is 1. The minimum absolute atomic E-state index is 0.0165. The molecule has 0 spiro atoms. The molecule has 0 aromatic heterocycles. The van der Waals surface area contributed by atoms with E-state index >= 15 is 0 Å². The van der Waals surface area contributed by atoms with E-state index in [9.17, 15) is 14.9 Å². The highest BCUT2D eigenvalue weighted by molar-refractivity contribution is 5.78. The van der Waals surface area contributed by atoms with Crippen molar-refractivity contribution in [2.75, 3.05) is 6.61 Å². The molecule has 1 atom stereocenters. The summed E-state index contributed by atoms with van der Waals surface area (Å²) in [6, 6.07) is 13.6.